The van der Waals surface area contributed by atoms with Gasteiger partial charge in [0, 0.05) is 19.4 Å². The molecule has 2 N–H and O–H groups in total. The van der Waals surface area contributed by atoms with Crippen molar-refractivity contribution in [2.45, 2.75) is 77.6 Å². The van der Waals surface area contributed by atoms with E-state index < -0.39 is 6.09 Å². The molecule has 0 saturated heterocycles. The highest BCUT2D eigenvalue weighted by Gasteiger charge is 2.07. The lowest BCUT2D eigenvalue weighted by Crippen LogP contribution is -2.22. The Kier molecular flexibility index (Phi) is 10.1. The van der Waals surface area contributed by atoms with Gasteiger partial charge in [-0.2, -0.15) is 4.98 Å². The van der Waals surface area contributed by atoms with E-state index >= 15 is 0 Å². The Hall–Kier alpha value is -2.37. The Balaban J connectivity index is 1.64. The maximum Gasteiger partial charge on any atom is 0.404 e. The van der Waals surface area contributed by atoms with E-state index in [2.05, 4.69) is 46.6 Å². The van der Waals surface area contributed by atoms with Crippen LogP contribution in [0.5, 0.6) is 0 Å². The van der Waals surface area contributed by atoms with E-state index in [0.717, 1.165) is 19.3 Å². The van der Waals surface area contributed by atoms with Crippen LogP contribution in [0.3, 0.4) is 0 Å². The summed E-state index contributed by atoms with van der Waals surface area (Å²) >= 11 is 0. The summed E-state index contributed by atoms with van der Waals surface area (Å²) in [7, 11) is 0. The highest BCUT2D eigenvalue weighted by Crippen LogP contribution is 2.12. The summed E-state index contributed by atoms with van der Waals surface area (Å²) in [6.07, 6.45) is 11.0. The molecule has 154 valence electrons. The van der Waals surface area contributed by atoms with Crippen molar-refractivity contribution < 1.29 is 14.4 Å². The van der Waals surface area contributed by atoms with Crippen LogP contribution in [-0.4, -0.2) is 27.9 Å². The lowest BCUT2D eigenvalue weighted by molar-refractivity contribution is 0.194. The van der Waals surface area contributed by atoms with Gasteiger partial charge in [0.05, 0.1) is 0 Å². The topological polar surface area (TPSA) is 88.2 Å². The minimum Gasteiger partial charge on any atom is -0.465 e. The fourth-order valence-corrected chi connectivity index (χ4v) is 3.17. The first kappa shape index (κ1) is 21.9. The van der Waals surface area contributed by atoms with Crippen molar-refractivity contribution >= 4 is 6.09 Å². The lowest BCUT2D eigenvalue weighted by Gasteiger charge is -2.04. The van der Waals surface area contributed by atoms with Crippen LogP contribution >= 0.6 is 0 Å². The summed E-state index contributed by atoms with van der Waals surface area (Å²) in [6, 6.07) is 8.87. The van der Waals surface area contributed by atoms with E-state index in [1.165, 1.54) is 49.7 Å². The smallest absolute Gasteiger partial charge is 0.404 e. The van der Waals surface area contributed by atoms with Crippen LogP contribution in [0.2, 0.25) is 0 Å². The number of carboxylic acid groups (broad SMARTS) is 1. The molecule has 2 aromatic rings. The van der Waals surface area contributed by atoms with E-state index in [4.69, 9.17) is 9.63 Å². The minimum atomic E-state index is -1.01. The second-order valence-electron chi connectivity index (χ2n) is 7.27. The molecule has 0 spiro atoms. The molecule has 0 aliphatic rings. The number of benzene rings is 1. The first-order chi connectivity index (χ1) is 13.7. The third-order valence-corrected chi connectivity index (χ3v) is 4.83. The number of nitrogens with zero attached hydrogens (tertiary/aromatic N) is 2. The zero-order valence-electron chi connectivity index (χ0n) is 17.0. The van der Waals surface area contributed by atoms with Gasteiger partial charge in [-0.25, -0.2) is 4.79 Å². The number of unbranched alkanes of at least 4 members (excludes halogenated alkanes) is 5. The number of aryl methyl sites for hydroxylation is 4. The number of hydrogen-bond donors (Lipinski definition) is 2. The van der Waals surface area contributed by atoms with Gasteiger partial charge < -0.3 is 14.9 Å². The molecule has 6 nitrogen and oxygen atoms in total. The van der Waals surface area contributed by atoms with Gasteiger partial charge in [-0.05, 0) is 36.8 Å². The highest BCUT2D eigenvalue weighted by atomic mass is 16.5. The zero-order valence-corrected chi connectivity index (χ0v) is 17.0. The molecular formula is C22H33N3O3. The second kappa shape index (κ2) is 12.9. The number of hydrogen-bond acceptors (Lipinski definition) is 4. The highest BCUT2D eigenvalue weighted by molar-refractivity contribution is 5.64. The summed E-state index contributed by atoms with van der Waals surface area (Å²) in [5.41, 5.74) is 2.69. The quantitative estimate of drug-likeness (QED) is 0.447. The third kappa shape index (κ3) is 9.02. The van der Waals surface area contributed by atoms with Crippen molar-refractivity contribution in [1.82, 2.24) is 15.5 Å². The predicted octanol–water partition coefficient (Wildman–Crippen LogP) is 4.96. The average molecular weight is 388 g/mol. The van der Waals surface area contributed by atoms with E-state index in [1.54, 1.807) is 0 Å². The molecule has 0 fully saturated rings. The maximum atomic E-state index is 10.4. The van der Waals surface area contributed by atoms with Crippen LogP contribution in [-0.2, 0) is 25.7 Å². The molecule has 1 aromatic carbocycles. The molecule has 0 aliphatic carbocycles. The first-order valence-corrected chi connectivity index (χ1v) is 10.5. The van der Waals surface area contributed by atoms with E-state index in [9.17, 15) is 4.79 Å². The third-order valence-electron chi connectivity index (χ3n) is 4.83. The Labute approximate surface area is 167 Å². The molecule has 0 radical (unpaired) electrons. The number of aromatic nitrogens is 2. The van der Waals surface area contributed by atoms with Crippen molar-refractivity contribution in [3.05, 3.63) is 47.1 Å². The predicted molar refractivity (Wildman–Crippen MR) is 110 cm³/mol. The van der Waals surface area contributed by atoms with Crippen LogP contribution in [0.4, 0.5) is 4.79 Å². The molecule has 0 saturated carbocycles. The monoisotopic (exact) mass is 387 g/mol. The molecule has 0 unspecified atom stereocenters. The van der Waals surface area contributed by atoms with Gasteiger partial charge in [0.2, 0.25) is 5.89 Å². The normalized spacial score (nSPS) is 10.9. The number of nitrogens with one attached hydrogen (secondary N) is 1. The largest absolute Gasteiger partial charge is 0.465 e. The summed E-state index contributed by atoms with van der Waals surface area (Å²) < 4.78 is 5.22. The van der Waals surface area contributed by atoms with Crippen molar-refractivity contribution in [1.29, 1.82) is 0 Å². The van der Waals surface area contributed by atoms with Gasteiger partial charge in [0.1, 0.15) is 0 Å². The van der Waals surface area contributed by atoms with E-state index in [1.807, 2.05) is 0 Å². The summed E-state index contributed by atoms with van der Waals surface area (Å²) in [6.45, 7) is 2.64. The van der Waals surface area contributed by atoms with Gasteiger partial charge in [-0.1, -0.05) is 68.4 Å². The molecule has 1 aromatic heterocycles. The SMILES string of the molecule is CCCCCCCCc1ccc(CCc2noc(CCCNC(=O)O)n2)cc1. The molecule has 1 amide bonds. The number of amides is 1. The van der Waals surface area contributed by atoms with E-state index in [-0.39, 0.29) is 0 Å². The average Bonchev–Trinajstić information content (AvgIpc) is 3.15. The lowest BCUT2D eigenvalue weighted by atomic mass is 10.0. The summed E-state index contributed by atoms with van der Waals surface area (Å²) in [4.78, 5) is 14.8. The van der Waals surface area contributed by atoms with Crippen molar-refractivity contribution in [2.24, 2.45) is 0 Å². The molecule has 6 heteroatoms. The molecule has 0 aliphatic heterocycles. The summed E-state index contributed by atoms with van der Waals surface area (Å²) in [5.74, 6) is 1.27. The van der Waals surface area contributed by atoms with Crippen molar-refractivity contribution in [2.75, 3.05) is 6.54 Å². The summed E-state index contributed by atoms with van der Waals surface area (Å²) in [5, 5.41) is 14.9. The number of carbonyl (C=O) groups is 1. The van der Waals surface area contributed by atoms with E-state index in [0.29, 0.717) is 31.1 Å². The van der Waals surface area contributed by atoms with Crippen LogP contribution < -0.4 is 5.32 Å². The molecule has 28 heavy (non-hydrogen) atoms. The Morgan fingerprint density at radius 3 is 2.32 bits per heavy atom. The fraction of sp³-hybridized carbons (Fsp3) is 0.591. The fourth-order valence-electron chi connectivity index (χ4n) is 3.17. The Bertz CT molecular complexity index is 683. The molecule has 2 rings (SSSR count). The standard InChI is InChI=1S/C22H33N3O3/c1-2-3-4-5-6-7-9-18-11-13-19(14-12-18)15-16-20-24-21(28-25-20)10-8-17-23-22(26)27/h11-14,23H,2-10,15-17H2,1H3,(H,26,27). The van der Waals surface area contributed by atoms with Crippen molar-refractivity contribution in [3.63, 3.8) is 0 Å². The molecule has 0 atom stereocenters. The van der Waals surface area contributed by atoms with Crippen LogP contribution in [0, 0.1) is 0 Å². The van der Waals surface area contributed by atoms with Crippen LogP contribution in [0.15, 0.2) is 28.8 Å². The van der Waals surface area contributed by atoms with Crippen LogP contribution in [0.25, 0.3) is 0 Å². The minimum absolute atomic E-state index is 0.387. The van der Waals surface area contributed by atoms with Gasteiger partial charge in [-0.15, -0.1) is 0 Å². The molecule has 0 bridgehead atoms. The maximum absolute atomic E-state index is 10.4. The van der Waals surface area contributed by atoms with Gasteiger partial charge in [0.25, 0.3) is 0 Å². The number of rotatable bonds is 14. The first-order valence-electron chi connectivity index (χ1n) is 10.5. The van der Waals surface area contributed by atoms with Gasteiger partial charge in [0.15, 0.2) is 5.82 Å². The Morgan fingerprint density at radius 1 is 0.929 bits per heavy atom. The molecule has 1 heterocycles. The zero-order chi connectivity index (χ0) is 20.0. The van der Waals surface area contributed by atoms with Gasteiger partial charge >= 0.3 is 6.09 Å². The van der Waals surface area contributed by atoms with Crippen molar-refractivity contribution in [3.8, 4) is 0 Å². The molecular weight excluding hydrogens is 354 g/mol. The van der Waals surface area contributed by atoms with Gasteiger partial charge in [-0.3, -0.25) is 0 Å². The second-order valence-corrected chi connectivity index (χ2v) is 7.27. The van der Waals surface area contributed by atoms with Crippen LogP contribution in [0.1, 0.15) is 74.7 Å². The Morgan fingerprint density at radius 2 is 1.61 bits per heavy atom.